The first-order chi connectivity index (χ1) is 4.33. The lowest BCUT2D eigenvalue weighted by Crippen LogP contribution is -2.41. The minimum Gasteiger partial charge on any atom is -0.196 e. The number of hydrogen-bond acceptors (Lipinski definition) is 1. The van der Waals surface area contributed by atoms with Crippen LogP contribution in [0.3, 0.4) is 0 Å². The molecule has 1 rings (SSSR count). The van der Waals surface area contributed by atoms with Crippen molar-refractivity contribution in [3.05, 3.63) is 30.1 Å². The van der Waals surface area contributed by atoms with Crippen molar-refractivity contribution >= 4 is 0 Å². The number of hydrogen-bond donors (Lipinski definition) is 1. The van der Waals surface area contributed by atoms with Gasteiger partial charge in [0.15, 0.2) is 12.4 Å². The van der Waals surface area contributed by atoms with Crippen molar-refractivity contribution < 1.29 is 4.68 Å². The van der Waals surface area contributed by atoms with Crippen molar-refractivity contribution in [3.8, 4) is 0 Å². The second-order valence-electron chi connectivity index (χ2n) is 2.01. The van der Waals surface area contributed by atoms with E-state index < -0.39 is 0 Å². The van der Waals surface area contributed by atoms with E-state index in [1.807, 2.05) is 24.1 Å². The molecule has 2 nitrogen and oxygen atoms in total. The van der Waals surface area contributed by atoms with Gasteiger partial charge in [-0.1, -0.05) is 4.68 Å². The molecule has 0 bridgehead atoms. The molecule has 0 spiro atoms. The minimum absolute atomic E-state index is 1.28. The fraction of sp³-hybridized carbons (Fsp3) is 0.286. The summed E-state index contributed by atoms with van der Waals surface area (Å²) < 4.78 is 1.90. The Balaban J connectivity index is 2.88. The molecular formula is C7H11N2+. The molecule has 2 heteroatoms. The van der Waals surface area contributed by atoms with Gasteiger partial charge in [-0.25, -0.2) is 0 Å². The SMILES string of the molecule is CN[n+]1ccc(C)cc1. The molecule has 1 aromatic heterocycles. The van der Waals surface area contributed by atoms with Crippen LogP contribution in [-0.2, 0) is 0 Å². The van der Waals surface area contributed by atoms with E-state index in [0.717, 1.165) is 0 Å². The quantitative estimate of drug-likeness (QED) is 0.536. The summed E-state index contributed by atoms with van der Waals surface area (Å²) in [6, 6.07) is 4.10. The molecule has 0 atom stereocenters. The molecule has 0 saturated heterocycles. The van der Waals surface area contributed by atoms with Crippen LogP contribution in [0, 0.1) is 6.92 Å². The maximum absolute atomic E-state index is 2.97. The van der Waals surface area contributed by atoms with Gasteiger partial charge in [-0.2, -0.15) is 5.43 Å². The smallest absolute Gasteiger partial charge is 0.196 e. The Hall–Kier alpha value is -1.05. The molecular weight excluding hydrogens is 112 g/mol. The predicted octanol–water partition coefficient (Wildman–Crippen LogP) is 0.456. The van der Waals surface area contributed by atoms with E-state index >= 15 is 0 Å². The lowest BCUT2D eigenvalue weighted by Gasteiger charge is -1.90. The van der Waals surface area contributed by atoms with Crippen LogP contribution in [0.5, 0.6) is 0 Å². The number of nitrogens with one attached hydrogen (secondary N) is 1. The summed E-state index contributed by atoms with van der Waals surface area (Å²) in [7, 11) is 1.88. The van der Waals surface area contributed by atoms with E-state index in [0.29, 0.717) is 0 Å². The highest BCUT2D eigenvalue weighted by atomic mass is 15.4. The van der Waals surface area contributed by atoms with Crippen LogP contribution < -0.4 is 10.1 Å². The van der Waals surface area contributed by atoms with Crippen LogP contribution in [0.1, 0.15) is 5.56 Å². The highest BCUT2D eigenvalue weighted by Crippen LogP contribution is 1.87. The maximum atomic E-state index is 2.97. The van der Waals surface area contributed by atoms with Gasteiger partial charge in [-0.3, -0.25) is 0 Å². The van der Waals surface area contributed by atoms with Crippen LogP contribution in [0.25, 0.3) is 0 Å². The molecule has 1 N–H and O–H groups in total. The number of aryl methyl sites for hydroxylation is 1. The first-order valence-corrected chi connectivity index (χ1v) is 2.98. The van der Waals surface area contributed by atoms with Crippen molar-refractivity contribution in [1.82, 2.24) is 0 Å². The summed E-state index contributed by atoms with van der Waals surface area (Å²) in [6.45, 7) is 2.07. The third kappa shape index (κ3) is 1.42. The molecule has 0 aliphatic heterocycles. The van der Waals surface area contributed by atoms with E-state index in [1.165, 1.54) is 5.56 Å². The number of pyridine rings is 1. The topological polar surface area (TPSA) is 15.9 Å². The molecule has 0 aliphatic rings. The zero-order chi connectivity index (χ0) is 6.69. The van der Waals surface area contributed by atoms with Gasteiger partial charge in [-0.15, -0.1) is 0 Å². The first kappa shape index (κ1) is 6.08. The van der Waals surface area contributed by atoms with E-state index in [1.54, 1.807) is 0 Å². The zero-order valence-corrected chi connectivity index (χ0v) is 5.76. The molecule has 9 heavy (non-hydrogen) atoms. The van der Waals surface area contributed by atoms with Gasteiger partial charge in [0.1, 0.15) is 0 Å². The normalized spacial score (nSPS) is 9.11. The molecule has 0 aliphatic carbocycles. The number of nitrogens with zero attached hydrogens (tertiary/aromatic N) is 1. The third-order valence-corrected chi connectivity index (χ3v) is 1.25. The van der Waals surface area contributed by atoms with E-state index in [9.17, 15) is 0 Å². The van der Waals surface area contributed by atoms with Crippen molar-refractivity contribution in [1.29, 1.82) is 0 Å². The van der Waals surface area contributed by atoms with Gasteiger partial charge in [-0.05, 0) is 12.5 Å². The van der Waals surface area contributed by atoms with Crippen LogP contribution in [0.4, 0.5) is 0 Å². The molecule has 0 saturated carbocycles. The molecule has 0 unspecified atom stereocenters. The Morgan fingerprint density at radius 1 is 1.33 bits per heavy atom. The number of rotatable bonds is 1. The highest BCUT2D eigenvalue weighted by molar-refractivity contribution is 5.03. The van der Waals surface area contributed by atoms with Crippen LogP contribution in [0.2, 0.25) is 0 Å². The Bertz CT molecular complexity index is 179. The second-order valence-corrected chi connectivity index (χ2v) is 2.01. The second kappa shape index (κ2) is 2.49. The Kier molecular flexibility index (Phi) is 1.68. The van der Waals surface area contributed by atoms with E-state index in [4.69, 9.17) is 0 Å². The van der Waals surface area contributed by atoms with Crippen LogP contribution >= 0.6 is 0 Å². The molecule has 0 aromatic carbocycles. The van der Waals surface area contributed by atoms with Crippen molar-refractivity contribution in [2.75, 3.05) is 12.5 Å². The summed E-state index contributed by atoms with van der Waals surface area (Å²) >= 11 is 0. The van der Waals surface area contributed by atoms with Gasteiger partial charge in [0.25, 0.3) is 0 Å². The molecule has 48 valence electrons. The predicted molar refractivity (Wildman–Crippen MR) is 36.7 cm³/mol. The fourth-order valence-electron chi connectivity index (χ4n) is 0.650. The monoisotopic (exact) mass is 123 g/mol. The summed E-state index contributed by atoms with van der Waals surface area (Å²) in [6.07, 6.45) is 3.96. The van der Waals surface area contributed by atoms with Crippen molar-refractivity contribution in [3.63, 3.8) is 0 Å². The largest absolute Gasteiger partial charge is 0.199 e. The number of aromatic nitrogens is 1. The van der Waals surface area contributed by atoms with Gasteiger partial charge in [0, 0.05) is 12.1 Å². The van der Waals surface area contributed by atoms with Gasteiger partial charge < -0.3 is 0 Å². The average Bonchev–Trinajstić information content (AvgIpc) is 1.90. The Morgan fingerprint density at radius 2 is 1.89 bits per heavy atom. The first-order valence-electron chi connectivity index (χ1n) is 2.98. The molecule has 0 fully saturated rings. The molecule has 0 amide bonds. The standard InChI is InChI=1S/C7H11N2/c1-7-3-5-9(8-2)6-4-7/h3-6,8H,1-2H3/q+1. The van der Waals surface area contributed by atoms with Gasteiger partial charge >= 0.3 is 0 Å². The summed E-state index contributed by atoms with van der Waals surface area (Å²) in [5, 5.41) is 0. The highest BCUT2D eigenvalue weighted by Gasteiger charge is 1.90. The van der Waals surface area contributed by atoms with Crippen molar-refractivity contribution in [2.24, 2.45) is 0 Å². The van der Waals surface area contributed by atoms with E-state index in [-0.39, 0.29) is 0 Å². The molecule has 0 radical (unpaired) electrons. The van der Waals surface area contributed by atoms with Gasteiger partial charge in [0.2, 0.25) is 0 Å². The lowest BCUT2D eigenvalue weighted by atomic mass is 10.3. The lowest BCUT2D eigenvalue weighted by molar-refractivity contribution is -0.647. The Morgan fingerprint density at radius 3 is 2.33 bits per heavy atom. The maximum Gasteiger partial charge on any atom is 0.199 e. The summed E-state index contributed by atoms with van der Waals surface area (Å²) in [4.78, 5) is 0. The summed E-state index contributed by atoms with van der Waals surface area (Å²) in [5.41, 5.74) is 4.25. The third-order valence-electron chi connectivity index (χ3n) is 1.25. The van der Waals surface area contributed by atoms with Crippen LogP contribution in [-0.4, -0.2) is 7.05 Å². The molecule has 1 heterocycles. The van der Waals surface area contributed by atoms with E-state index in [2.05, 4.69) is 24.5 Å². The zero-order valence-electron chi connectivity index (χ0n) is 5.76. The van der Waals surface area contributed by atoms with Crippen LogP contribution in [0.15, 0.2) is 24.5 Å². The minimum atomic E-state index is 1.28. The molecule has 1 aromatic rings. The average molecular weight is 123 g/mol. The Labute approximate surface area is 55.1 Å². The van der Waals surface area contributed by atoms with Gasteiger partial charge in [0.05, 0.1) is 7.05 Å². The fourth-order valence-corrected chi connectivity index (χ4v) is 0.650. The summed E-state index contributed by atoms with van der Waals surface area (Å²) in [5.74, 6) is 0. The van der Waals surface area contributed by atoms with Crippen molar-refractivity contribution in [2.45, 2.75) is 6.92 Å².